The Hall–Kier alpha value is -0.610. The Balaban J connectivity index is 2.26. The number of aliphatic hydroxyl groups is 1. The lowest BCUT2D eigenvalue weighted by Crippen LogP contribution is -2.38. The quantitative estimate of drug-likeness (QED) is 0.609. The Morgan fingerprint density at radius 2 is 2.00 bits per heavy atom. The highest BCUT2D eigenvalue weighted by atomic mass is 16.3. The van der Waals surface area contributed by atoms with Crippen LogP contribution in [-0.4, -0.2) is 37.8 Å². The zero-order chi connectivity index (χ0) is 11.1. The van der Waals surface area contributed by atoms with E-state index < -0.39 is 0 Å². The lowest BCUT2D eigenvalue weighted by atomic mass is 9.79. The maximum Gasteiger partial charge on any atom is 0.233 e. The molecule has 0 aromatic heterocycles. The zero-order valence-corrected chi connectivity index (χ0v) is 9.46. The predicted molar refractivity (Wildman–Crippen MR) is 59.5 cm³/mol. The van der Waals surface area contributed by atoms with E-state index in [1.807, 2.05) is 0 Å². The van der Waals surface area contributed by atoms with Crippen molar-refractivity contribution in [3.63, 3.8) is 0 Å². The normalized spacial score (nSPS) is 26.3. The minimum Gasteiger partial charge on any atom is -0.396 e. The lowest BCUT2D eigenvalue weighted by molar-refractivity contribution is -0.120. The van der Waals surface area contributed by atoms with E-state index in [4.69, 9.17) is 0 Å². The highest BCUT2D eigenvalue weighted by Gasteiger charge is 2.24. The van der Waals surface area contributed by atoms with Crippen molar-refractivity contribution in [2.75, 3.05) is 26.7 Å². The number of aliphatic hydroxyl groups excluding tert-OH is 1. The Labute approximate surface area is 91.4 Å². The van der Waals surface area contributed by atoms with Gasteiger partial charge in [0.25, 0.3) is 0 Å². The number of carbonyl (C=O) groups excluding carboxylic acids is 1. The molecule has 0 aromatic rings. The summed E-state index contributed by atoms with van der Waals surface area (Å²) >= 11 is 0. The van der Waals surface area contributed by atoms with Gasteiger partial charge in [0.2, 0.25) is 5.91 Å². The molecule has 1 fully saturated rings. The molecule has 3 N–H and O–H groups in total. The molecule has 0 heterocycles. The zero-order valence-electron chi connectivity index (χ0n) is 9.46. The van der Waals surface area contributed by atoms with Gasteiger partial charge >= 0.3 is 0 Å². The Morgan fingerprint density at radius 1 is 1.33 bits per heavy atom. The second-order valence-corrected chi connectivity index (χ2v) is 4.32. The monoisotopic (exact) mass is 214 g/mol. The number of rotatable bonds is 5. The average Bonchev–Trinajstić information content (AvgIpc) is 2.27. The summed E-state index contributed by atoms with van der Waals surface area (Å²) in [5, 5.41) is 14.9. The number of amides is 1. The van der Waals surface area contributed by atoms with E-state index >= 15 is 0 Å². The minimum atomic E-state index is 0.0414. The molecule has 2 unspecified atom stereocenters. The summed E-state index contributed by atoms with van der Waals surface area (Å²) in [6.07, 6.45) is 4.67. The first-order valence-corrected chi connectivity index (χ1v) is 5.80. The van der Waals surface area contributed by atoms with Gasteiger partial charge < -0.3 is 15.7 Å². The summed E-state index contributed by atoms with van der Waals surface area (Å²) in [5.74, 6) is 0.887. The van der Waals surface area contributed by atoms with E-state index in [1.54, 1.807) is 7.05 Å². The van der Waals surface area contributed by atoms with E-state index in [0.29, 0.717) is 24.9 Å². The van der Waals surface area contributed by atoms with Gasteiger partial charge in [0.15, 0.2) is 0 Å². The van der Waals surface area contributed by atoms with E-state index in [9.17, 15) is 9.90 Å². The van der Waals surface area contributed by atoms with Crippen LogP contribution < -0.4 is 10.6 Å². The van der Waals surface area contributed by atoms with Gasteiger partial charge in [0.05, 0.1) is 6.54 Å². The van der Waals surface area contributed by atoms with E-state index in [-0.39, 0.29) is 12.5 Å². The van der Waals surface area contributed by atoms with Crippen LogP contribution in [0.5, 0.6) is 0 Å². The van der Waals surface area contributed by atoms with Gasteiger partial charge in [-0.3, -0.25) is 4.79 Å². The van der Waals surface area contributed by atoms with Gasteiger partial charge in [-0.15, -0.1) is 0 Å². The molecular weight excluding hydrogens is 192 g/mol. The Kier molecular flexibility index (Phi) is 5.65. The maximum absolute atomic E-state index is 11.2. The van der Waals surface area contributed by atoms with E-state index in [2.05, 4.69) is 10.6 Å². The predicted octanol–water partition coefficient (Wildman–Crippen LogP) is 0.121. The Bertz CT molecular complexity index is 197. The van der Waals surface area contributed by atoms with Crippen LogP contribution in [0.4, 0.5) is 0 Å². The molecule has 1 rings (SSSR count). The van der Waals surface area contributed by atoms with Crippen LogP contribution in [0.25, 0.3) is 0 Å². The molecule has 4 nitrogen and oxygen atoms in total. The molecule has 1 saturated carbocycles. The largest absolute Gasteiger partial charge is 0.396 e. The standard InChI is InChI=1S/C11H22N2O2/c1-12-7-11(15)13-6-9-4-2-3-5-10(9)8-14/h9-10,12,14H,2-8H2,1H3,(H,13,15). The highest BCUT2D eigenvalue weighted by molar-refractivity contribution is 5.77. The SMILES string of the molecule is CNCC(=O)NCC1CCCCC1CO. The summed E-state index contributed by atoms with van der Waals surface area (Å²) in [4.78, 5) is 11.2. The first kappa shape index (κ1) is 12.5. The van der Waals surface area contributed by atoms with E-state index in [1.165, 1.54) is 12.8 Å². The molecule has 0 spiro atoms. The molecule has 4 heteroatoms. The molecule has 1 amide bonds. The van der Waals surface area contributed by atoms with Crippen LogP contribution in [0.3, 0.4) is 0 Å². The number of hydrogen-bond acceptors (Lipinski definition) is 3. The Morgan fingerprint density at radius 3 is 2.60 bits per heavy atom. The van der Waals surface area contributed by atoms with Gasteiger partial charge in [-0.05, 0) is 31.7 Å². The van der Waals surface area contributed by atoms with Gasteiger partial charge in [-0.25, -0.2) is 0 Å². The third kappa shape index (κ3) is 4.18. The van der Waals surface area contributed by atoms with Crippen LogP contribution in [-0.2, 0) is 4.79 Å². The fraction of sp³-hybridized carbons (Fsp3) is 0.909. The highest BCUT2D eigenvalue weighted by Crippen LogP contribution is 2.28. The van der Waals surface area contributed by atoms with Crippen LogP contribution >= 0.6 is 0 Å². The van der Waals surface area contributed by atoms with Crippen LogP contribution in [0, 0.1) is 11.8 Å². The van der Waals surface area contributed by atoms with Gasteiger partial charge in [-0.1, -0.05) is 12.8 Å². The van der Waals surface area contributed by atoms with Crippen LogP contribution in [0.1, 0.15) is 25.7 Å². The molecular formula is C11H22N2O2. The van der Waals surface area contributed by atoms with Gasteiger partial charge in [0, 0.05) is 13.2 Å². The number of nitrogens with one attached hydrogen (secondary N) is 2. The molecule has 0 bridgehead atoms. The van der Waals surface area contributed by atoms with E-state index in [0.717, 1.165) is 12.8 Å². The smallest absolute Gasteiger partial charge is 0.233 e. The minimum absolute atomic E-state index is 0.0414. The third-order valence-corrected chi connectivity index (χ3v) is 3.20. The first-order valence-electron chi connectivity index (χ1n) is 5.80. The van der Waals surface area contributed by atoms with Crippen molar-refractivity contribution in [3.8, 4) is 0 Å². The fourth-order valence-corrected chi connectivity index (χ4v) is 2.26. The molecule has 0 saturated heterocycles. The molecule has 2 atom stereocenters. The first-order chi connectivity index (χ1) is 7.27. The van der Waals surface area contributed by atoms with Gasteiger partial charge in [0.1, 0.15) is 0 Å². The molecule has 15 heavy (non-hydrogen) atoms. The van der Waals surface area contributed by atoms with Crippen molar-refractivity contribution in [1.82, 2.24) is 10.6 Å². The van der Waals surface area contributed by atoms with Crippen molar-refractivity contribution in [1.29, 1.82) is 0 Å². The number of hydrogen-bond donors (Lipinski definition) is 3. The maximum atomic E-state index is 11.2. The fourth-order valence-electron chi connectivity index (χ4n) is 2.26. The summed E-state index contributed by atoms with van der Waals surface area (Å²) in [5.41, 5.74) is 0. The van der Waals surface area contributed by atoms with Crippen LogP contribution in [0.2, 0.25) is 0 Å². The topological polar surface area (TPSA) is 61.4 Å². The molecule has 1 aliphatic rings. The van der Waals surface area contributed by atoms with Crippen molar-refractivity contribution in [2.45, 2.75) is 25.7 Å². The molecule has 0 aliphatic heterocycles. The lowest BCUT2D eigenvalue weighted by Gasteiger charge is -2.30. The van der Waals surface area contributed by atoms with Crippen molar-refractivity contribution in [2.24, 2.45) is 11.8 Å². The molecule has 0 radical (unpaired) electrons. The summed E-state index contributed by atoms with van der Waals surface area (Å²) in [6, 6.07) is 0. The number of likely N-dealkylation sites (N-methyl/N-ethyl adjacent to an activating group) is 1. The third-order valence-electron chi connectivity index (χ3n) is 3.20. The molecule has 0 aromatic carbocycles. The molecule has 1 aliphatic carbocycles. The second-order valence-electron chi connectivity index (χ2n) is 4.32. The van der Waals surface area contributed by atoms with Crippen molar-refractivity contribution >= 4 is 5.91 Å². The van der Waals surface area contributed by atoms with Gasteiger partial charge in [-0.2, -0.15) is 0 Å². The summed E-state index contributed by atoms with van der Waals surface area (Å²) in [7, 11) is 1.76. The molecule has 88 valence electrons. The van der Waals surface area contributed by atoms with Crippen molar-refractivity contribution < 1.29 is 9.90 Å². The summed E-state index contributed by atoms with van der Waals surface area (Å²) < 4.78 is 0. The second kappa shape index (κ2) is 6.80. The van der Waals surface area contributed by atoms with Crippen molar-refractivity contribution in [3.05, 3.63) is 0 Å². The summed E-state index contributed by atoms with van der Waals surface area (Å²) in [6.45, 7) is 1.34. The average molecular weight is 214 g/mol. The number of carbonyl (C=O) groups is 1. The van der Waals surface area contributed by atoms with Crippen LogP contribution in [0.15, 0.2) is 0 Å².